The third kappa shape index (κ3) is 6.01. The molecule has 1 heterocycles. The first-order valence-corrected chi connectivity index (χ1v) is 12.6. The summed E-state index contributed by atoms with van der Waals surface area (Å²) in [7, 11) is 1.51. The number of thioether (sulfide) groups is 1. The van der Waals surface area contributed by atoms with Crippen molar-refractivity contribution < 1.29 is 19.2 Å². The number of ether oxygens (including phenoxy) is 2. The van der Waals surface area contributed by atoms with Gasteiger partial charge in [-0.05, 0) is 65.4 Å². The van der Waals surface area contributed by atoms with Gasteiger partial charge in [0, 0.05) is 16.6 Å². The summed E-state index contributed by atoms with van der Waals surface area (Å²) in [6.07, 6.45) is 1.70. The highest BCUT2D eigenvalue weighted by molar-refractivity contribution is 9.10. The minimum absolute atomic E-state index is 0.00847. The Morgan fingerprint density at radius 3 is 2.61 bits per heavy atom. The zero-order valence-corrected chi connectivity index (χ0v) is 22.4. The lowest BCUT2D eigenvalue weighted by atomic mass is 10.1. The van der Waals surface area contributed by atoms with Crippen LogP contribution in [0.4, 0.5) is 11.4 Å². The van der Waals surface area contributed by atoms with E-state index in [1.54, 1.807) is 48.5 Å². The molecule has 12 heteroatoms. The average molecular weight is 609 g/mol. The number of nitrogens with one attached hydrogen (secondary N) is 1. The maximum Gasteiger partial charge on any atom is 0.269 e. The highest BCUT2D eigenvalue weighted by Gasteiger charge is 2.25. The van der Waals surface area contributed by atoms with Crippen molar-refractivity contribution >= 4 is 79.4 Å². The van der Waals surface area contributed by atoms with Crippen molar-refractivity contribution in [2.24, 2.45) is 4.99 Å². The van der Waals surface area contributed by atoms with E-state index < -0.39 is 4.92 Å². The van der Waals surface area contributed by atoms with E-state index in [1.165, 1.54) is 31.0 Å². The zero-order valence-electron chi connectivity index (χ0n) is 18.5. The van der Waals surface area contributed by atoms with Crippen LogP contribution in [0.2, 0.25) is 10.0 Å². The van der Waals surface area contributed by atoms with Crippen molar-refractivity contribution in [3.63, 3.8) is 0 Å². The number of carbonyl (C=O) groups is 1. The molecule has 3 aromatic rings. The summed E-state index contributed by atoms with van der Waals surface area (Å²) < 4.78 is 12.0. The highest BCUT2D eigenvalue weighted by atomic mass is 79.9. The Morgan fingerprint density at radius 2 is 1.92 bits per heavy atom. The van der Waals surface area contributed by atoms with E-state index in [0.717, 1.165) is 5.56 Å². The first kappa shape index (κ1) is 26.0. The molecule has 4 rings (SSSR count). The van der Waals surface area contributed by atoms with E-state index in [2.05, 4.69) is 26.2 Å². The van der Waals surface area contributed by atoms with E-state index in [0.29, 0.717) is 47.3 Å². The van der Waals surface area contributed by atoms with Crippen molar-refractivity contribution in [2.75, 3.05) is 7.11 Å². The van der Waals surface area contributed by atoms with Gasteiger partial charge in [-0.15, -0.1) is 0 Å². The second kappa shape index (κ2) is 11.3. The third-order valence-electron chi connectivity index (χ3n) is 4.92. The number of benzene rings is 3. The molecule has 3 aromatic carbocycles. The number of amides is 1. The number of halogens is 3. The number of rotatable bonds is 7. The van der Waals surface area contributed by atoms with Crippen LogP contribution in [-0.2, 0) is 11.4 Å². The number of amidine groups is 1. The highest BCUT2D eigenvalue weighted by Crippen LogP contribution is 2.38. The number of methoxy groups -OCH3 is 1. The normalized spacial score (nSPS) is 15.3. The van der Waals surface area contributed by atoms with Crippen LogP contribution < -0.4 is 14.8 Å². The summed E-state index contributed by atoms with van der Waals surface area (Å²) in [6, 6.07) is 14.6. The van der Waals surface area contributed by atoms with Gasteiger partial charge in [0.25, 0.3) is 11.6 Å². The summed E-state index contributed by atoms with van der Waals surface area (Å²) in [6.45, 7) is 0.186. The molecule has 1 amide bonds. The largest absolute Gasteiger partial charge is 0.493 e. The van der Waals surface area contributed by atoms with Gasteiger partial charge < -0.3 is 14.8 Å². The van der Waals surface area contributed by atoms with Gasteiger partial charge in [0.15, 0.2) is 16.7 Å². The maximum absolute atomic E-state index is 12.5. The monoisotopic (exact) mass is 607 g/mol. The van der Waals surface area contributed by atoms with Crippen LogP contribution in [-0.4, -0.2) is 23.1 Å². The Morgan fingerprint density at radius 1 is 1.17 bits per heavy atom. The molecule has 0 saturated carbocycles. The number of hydrogen-bond donors (Lipinski definition) is 1. The number of non-ortho nitro benzene ring substituents is 1. The van der Waals surface area contributed by atoms with E-state index in [4.69, 9.17) is 32.7 Å². The van der Waals surface area contributed by atoms with Gasteiger partial charge in [-0.3, -0.25) is 14.9 Å². The number of hydrogen-bond acceptors (Lipinski definition) is 7. The summed E-state index contributed by atoms with van der Waals surface area (Å²) in [5, 5.41) is 14.6. The Hall–Kier alpha value is -3.05. The first-order valence-electron chi connectivity index (χ1n) is 10.2. The predicted octanol–water partition coefficient (Wildman–Crippen LogP) is 7.14. The molecular formula is C24H16BrCl2N3O5S. The molecule has 0 unspecified atom stereocenters. The average Bonchev–Trinajstić information content (AvgIpc) is 3.20. The Bertz CT molecular complexity index is 1410. The molecule has 184 valence electrons. The standard InChI is InChI=1S/C24H16BrCl2N3O5S/c1-34-19-9-14(16(25)11-20(19)35-12-13-5-7-15(8-6-13)30(32)33)10-21-23(31)29-24(36-21)28-18-4-2-3-17(26)22(18)27/h2-11H,12H2,1H3,(H,28,29,31)/b21-10+. The molecular weight excluding hydrogens is 593 g/mol. The van der Waals surface area contributed by atoms with Crippen LogP contribution in [0.1, 0.15) is 11.1 Å². The number of nitrogens with zero attached hydrogens (tertiary/aromatic N) is 2. The van der Waals surface area contributed by atoms with Gasteiger partial charge in [0.2, 0.25) is 0 Å². The van der Waals surface area contributed by atoms with Crippen LogP contribution in [0.5, 0.6) is 11.5 Å². The summed E-state index contributed by atoms with van der Waals surface area (Å²) in [5.74, 6) is 0.613. The number of nitro groups is 1. The number of aliphatic imine (C=N–C) groups is 1. The Kier molecular flexibility index (Phi) is 8.20. The van der Waals surface area contributed by atoms with Crippen LogP contribution in [0.15, 0.2) is 69.0 Å². The van der Waals surface area contributed by atoms with Crippen LogP contribution in [0, 0.1) is 10.1 Å². The summed E-state index contributed by atoms with van der Waals surface area (Å²) in [5.41, 5.74) is 1.91. The Balaban J connectivity index is 1.53. The van der Waals surface area contributed by atoms with Crippen molar-refractivity contribution in [1.29, 1.82) is 0 Å². The molecule has 0 aromatic heterocycles. The minimum Gasteiger partial charge on any atom is -0.493 e. The number of carbonyl (C=O) groups excluding carboxylic acids is 1. The topological polar surface area (TPSA) is 103 Å². The minimum atomic E-state index is -0.456. The van der Waals surface area contributed by atoms with Crippen molar-refractivity contribution in [2.45, 2.75) is 6.61 Å². The molecule has 0 spiro atoms. The molecule has 1 N–H and O–H groups in total. The van der Waals surface area contributed by atoms with Crippen molar-refractivity contribution in [3.05, 3.63) is 95.3 Å². The quantitative estimate of drug-likeness (QED) is 0.174. The van der Waals surface area contributed by atoms with Crippen LogP contribution in [0.25, 0.3) is 6.08 Å². The SMILES string of the molecule is COc1cc(/C=C2/SC(=Nc3cccc(Cl)c3Cl)NC2=O)c(Br)cc1OCc1ccc([N+](=O)[O-])cc1. The van der Waals surface area contributed by atoms with E-state index in [-0.39, 0.29) is 18.2 Å². The van der Waals surface area contributed by atoms with Crippen LogP contribution >= 0.6 is 50.9 Å². The van der Waals surface area contributed by atoms with Crippen LogP contribution in [0.3, 0.4) is 0 Å². The lowest BCUT2D eigenvalue weighted by Gasteiger charge is -2.13. The van der Waals surface area contributed by atoms with Gasteiger partial charge >= 0.3 is 0 Å². The molecule has 0 atom stereocenters. The van der Waals surface area contributed by atoms with E-state index >= 15 is 0 Å². The van der Waals surface area contributed by atoms with Crippen molar-refractivity contribution in [1.82, 2.24) is 5.32 Å². The fourth-order valence-corrected chi connectivity index (χ4v) is 4.72. The Labute approximate surface area is 228 Å². The van der Waals surface area contributed by atoms with Gasteiger partial charge in [-0.25, -0.2) is 4.99 Å². The van der Waals surface area contributed by atoms with Crippen molar-refractivity contribution in [3.8, 4) is 11.5 Å². The smallest absolute Gasteiger partial charge is 0.269 e. The molecule has 36 heavy (non-hydrogen) atoms. The fourth-order valence-electron chi connectivity index (χ4n) is 3.12. The van der Waals surface area contributed by atoms with E-state index in [1.807, 2.05) is 0 Å². The lowest BCUT2D eigenvalue weighted by Crippen LogP contribution is -2.19. The van der Waals surface area contributed by atoms with Gasteiger partial charge in [0.1, 0.15) is 6.61 Å². The van der Waals surface area contributed by atoms with Gasteiger partial charge in [-0.2, -0.15) is 0 Å². The zero-order chi connectivity index (χ0) is 25.8. The second-order valence-corrected chi connectivity index (χ2v) is 9.96. The predicted molar refractivity (Wildman–Crippen MR) is 145 cm³/mol. The van der Waals surface area contributed by atoms with Gasteiger partial charge in [-0.1, -0.05) is 45.2 Å². The summed E-state index contributed by atoms with van der Waals surface area (Å²) >= 11 is 16.9. The molecule has 0 radical (unpaired) electrons. The van der Waals surface area contributed by atoms with E-state index in [9.17, 15) is 14.9 Å². The summed E-state index contributed by atoms with van der Waals surface area (Å²) in [4.78, 5) is 27.7. The maximum atomic E-state index is 12.5. The molecule has 8 nitrogen and oxygen atoms in total. The number of nitro benzene ring substituents is 1. The molecule has 1 saturated heterocycles. The molecule has 0 aliphatic carbocycles. The fraction of sp³-hybridized carbons (Fsp3) is 0.0833. The molecule has 1 aliphatic heterocycles. The molecule has 0 bridgehead atoms. The lowest BCUT2D eigenvalue weighted by molar-refractivity contribution is -0.384. The van der Waals surface area contributed by atoms with Gasteiger partial charge in [0.05, 0.1) is 32.7 Å². The molecule has 1 aliphatic rings. The second-order valence-electron chi connectivity index (χ2n) is 7.29. The molecule has 1 fully saturated rings. The first-order chi connectivity index (χ1) is 17.2. The third-order valence-corrected chi connectivity index (χ3v) is 7.32.